The topological polar surface area (TPSA) is 63.2 Å². The van der Waals surface area contributed by atoms with Gasteiger partial charge >= 0.3 is 0 Å². The average molecular weight is 251 g/mol. The molecule has 1 atom stereocenters. The van der Waals surface area contributed by atoms with Gasteiger partial charge in [0.2, 0.25) is 5.91 Å². The lowest BCUT2D eigenvalue weighted by atomic mass is 10.2. The van der Waals surface area contributed by atoms with E-state index in [0.717, 1.165) is 18.7 Å². The fourth-order valence-corrected chi connectivity index (χ4v) is 1.48. The average Bonchev–Trinajstić information content (AvgIpc) is 2.40. The van der Waals surface area contributed by atoms with Gasteiger partial charge in [0.25, 0.3) is 0 Å². The Balaban J connectivity index is 2.16. The first-order chi connectivity index (χ1) is 8.74. The summed E-state index contributed by atoms with van der Waals surface area (Å²) >= 11 is 0. The molecule has 0 saturated heterocycles. The van der Waals surface area contributed by atoms with Crippen molar-refractivity contribution in [3.05, 3.63) is 30.1 Å². The number of nitrogens with zero attached hydrogens (tertiary/aromatic N) is 1. The molecule has 100 valence electrons. The van der Waals surface area contributed by atoms with E-state index in [0.29, 0.717) is 13.2 Å². The second-order valence-corrected chi connectivity index (χ2v) is 4.03. The van der Waals surface area contributed by atoms with Gasteiger partial charge in [-0.2, -0.15) is 0 Å². The van der Waals surface area contributed by atoms with Crippen LogP contribution in [0.25, 0.3) is 0 Å². The monoisotopic (exact) mass is 251 g/mol. The van der Waals surface area contributed by atoms with Gasteiger partial charge in [-0.25, -0.2) is 0 Å². The number of nitrogens with one attached hydrogen (secondary N) is 2. The van der Waals surface area contributed by atoms with Crippen molar-refractivity contribution < 1.29 is 9.53 Å². The molecule has 1 aromatic heterocycles. The Morgan fingerprint density at radius 3 is 2.94 bits per heavy atom. The van der Waals surface area contributed by atoms with Crippen LogP contribution < -0.4 is 10.6 Å². The fraction of sp³-hybridized carbons (Fsp3) is 0.538. The van der Waals surface area contributed by atoms with E-state index in [1.54, 1.807) is 13.3 Å². The summed E-state index contributed by atoms with van der Waals surface area (Å²) in [7, 11) is 1.61. The van der Waals surface area contributed by atoms with Crippen molar-refractivity contribution in [3.63, 3.8) is 0 Å². The smallest absolute Gasteiger partial charge is 0.236 e. The molecule has 0 aromatic carbocycles. The normalized spacial score (nSPS) is 12.1. The lowest BCUT2D eigenvalue weighted by Gasteiger charge is -2.13. The van der Waals surface area contributed by atoms with Crippen LogP contribution in [0.15, 0.2) is 24.4 Å². The highest BCUT2D eigenvalue weighted by Crippen LogP contribution is 1.93. The van der Waals surface area contributed by atoms with Crippen molar-refractivity contribution in [3.8, 4) is 0 Å². The second kappa shape index (κ2) is 8.60. The lowest BCUT2D eigenvalue weighted by molar-refractivity contribution is -0.122. The summed E-state index contributed by atoms with van der Waals surface area (Å²) in [6.45, 7) is 3.66. The molecule has 0 spiro atoms. The van der Waals surface area contributed by atoms with Gasteiger partial charge in [-0.3, -0.25) is 9.78 Å². The van der Waals surface area contributed by atoms with E-state index >= 15 is 0 Å². The van der Waals surface area contributed by atoms with Gasteiger partial charge in [-0.1, -0.05) is 6.07 Å². The van der Waals surface area contributed by atoms with Crippen molar-refractivity contribution in [1.82, 2.24) is 15.6 Å². The van der Waals surface area contributed by atoms with E-state index in [9.17, 15) is 4.79 Å². The molecule has 1 amide bonds. The van der Waals surface area contributed by atoms with Crippen LogP contribution in [0.5, 0.6) is 0 Å². The Kier molecular flexibility index (Phi) is 6.98. The van der Waals surface area contributed by atoms with E-state index in [2.05, 4.69) is 15.6 Å². The van der Waals surface area contributed by atoms with Gasteiger partial charge in [-0.15, -0.1) is 0 Å². The molecule has 18 heavy (non-hydrogen) atoms. The Morgan fingerprint density at radius 2 is 2.28 bits per heavy atom. The molecule has 5 nitrogen and oxygen atoms in total. The number of hydrogen-bond donors (Lipinski definition) is 2. The molecule has 0 aliphatic carbocycles. The highest BCUT2D eigenvalue weighted by molar-refractivity contribution is 5.81. The molecule has 1 heterocycles. The predicted octanol–water partition coefficient (Wildman–Crippen LogP) is 0.365. The largest absolute Gasteiger partial charge is 0.383 e. The molecule has 1 rings (SSSR count). The molecule has 5 heteroatoms. The summed E-state index contributed by atoms with van der Waals surface area (Å²) in [5.74, 6) is -0.00642. The first-order valence-corrected chi connectivity index (χ1v) is 6.14. The number of amides is 1. The number of carbonyl (C=O) groups is 1. The van der Waals surface area contributed by atoms with Crippen LogP contribution in [0.2, 0.25) is 0 Å². The Morgan fingerprint density at radius 1 is 1.44 bits per heavy atom. The van der Waals surface area contributed by atoms with E-state index in [1.165, 1.54) is 0 Å². The van der Waals surface area contributed by atoms with Crippen LogP contribution in [-0.4, -0.2) is 43.7 Å². The van der Waals surface area contributed by atoms with Gasteiger partial charge < -0.3 is 15.4 Å². The van der Waals surface area contributed by atoms with Gasteiger partial charge in [0.05, 0.1) is 12.6 Å². The zero-order chi connectivity index (χ0) is 13.2. The Hall–Kier alpha value is -1.46. The van der Waals surface area contributed by atoms with E-state index in [-0.39, 0.29) is 11.9 Å². The minimum atomic E-state index is -0.203. The van der Waals surface area contributed by atoms with Gasteiger partial charge in [0, 0.05) is 38.5 Å². The lowest BCUT2D eigenvalue weighted by Crippen LogP contribution is -2.43. The maximum absolute atomic E-state index is 11.6. The number of ether oxygens (including phenoxy) is 1. The summed E-state index contributed by atoms with van der Waals surface area (Å²) in [5, 5.41) is 5.95. The van der Waals surface area contributed by atoms with Gasteiger partial charge in [0.15, 0.2) is 0 Å². The van der Waals surface area contributed by atoms with Crippen molar-refractivity contribution in [2.75, 3.05) is 26.8 Å². The van der Waals surface area contributed by atoms with Crippen LogP contribution in [0.1, 0.15) is 12.6 Å². The number of hydrogen-bond acceptors (Lipinski definition) is 4. The van der Waals surface area contributed by atoms with Crippen LogP contribution in [0.3, 0.4) is 0 Å². The number of methoxy groups -OCH3 is 1. The standard InChI is InChI=1S/C13H21N3O2/c1-11(13(17)16-9-10-18-2)14-8-6-12-5-3-4-7-15-12/h3-5,7,11,14H,6,8-10H2,1-2H3,(H,16,17). The molecule has 0 saturated carbocycles. The quantitative estimate of drug-likeness (QED) is 0.655. The van der Waals surface area contributed by atoms with Gasteiger partial charge in [0.1, 0.15) is 0 Å². The van der Waals surface area contributed by atoms with E-state index < -0.39 is 0 Å². The molecule has 1 aromatic rings. The third-order valence-corrected chi connectivity index (χ3v) is 2.56. The fourth-order valence-electron chi connectivity index (χ4n) is 1.48. The maximum atomic E-state index is 11.6. The molecular formula is C13H21N3O2. The summed E-state index contributed by atoms with van der Waals surface area (Å²) in [4.78, 5) is 15.8. The number of rotatable bonds is 8. The van der Waals surface area contributed by atoms with Gasteiger partial charge in [-0.05, 0) is 19.1 Å². The third-order valence-electron chi connectivity index (χ3n) is 2.56. The molecule has 1 unspecified atom stereocenters. The minimum Gasteiger partial charge on any atom is -0.383 e. The molecule has 0 fully saturated rings. The number of aromatic nitrogens is 1. The first kappa shape index (κ1) is 14.6. The van der Waals surface area contributed by atoms with E-state index in [4.69, 9.17) is 4.74 Å². The maximum Gasteiger partial charge on any atom is 0.236 e. The molecule has 2 N–H and O–H groups in total. The predicted molar refractivity (Wildman–Crippen MR) is 70.3 cm³/mol. The Bertz CT molecular complexity index is 343. The zero-order valence-corrected chi connectivity index (χ0v) is 11.0. The van der Waals surface area contributed by atoms with Crippen molar-refractivity contribution in [2.24, 2.45) is 0 Å². The summed E-state index contributed by atoms with van der Waals surface area (Å²) in [5.41, 5.74) is 1.02. The first-order valence-electron chi connectivity index (χ1n) is 6.14. The SMILES string of the molecule is COCCNC(=O)C(C)NCCc1ccccn1. The van der Waals surface area contributed by atoms with Crippen LogP contribution in [0.4, 0.5) is 0 Å². The molecule has 0 bridgehead atoms. The van der Waals surface area contributed by atoms with Crippen LogP contribution in [0, 0.1) is 0 Å². The summed E-state index contributed by atoms with van der Waals surface area (Å²) in [6, 6.07) is 5.63. The summed E-state index contributed by atoms with van der Waals surface area (Å²) in [6.07, 6.45) is 2.59. The molecule has 0 aliphatic heterocycles. The summed E-state index contributed by atoms with van der Waals surface area (Å²) < 4.78 is 4.87. The van der Waals surface area contributed by atoms with Crippen molar-refractivity contribution >= 4 is 5.91 Å². The molecular weight excluding hydrogens is 230 g/mol. The highest BCUT2D eigenvalue weighted by Gasteiger charge is 2.10. The van der Waals surface area contributed by atoms with Crippen LogP contribution >= 0.6 is 0 Å². The molecule has 0 radical (unpaired) electrons. The zero-order valence-electron chi connectivity index (χ0n) is 11.0. The highest BCUT2D eigenvalue weighted by atomic mass is 16.5. The minimum absolute atomic E-state index is 0.00642. The Labute approximate surface area is 108 Å². The van der Waals surface area contributed by atoms with Crippen molar-refractivity contribution in [2.45, 2.75) is 19.4 Å². The number of pyridine rings is 1. The van der Waals surface area contributed by atoms with Crippen LogP contribution in [-0.2, 0) is 16.0 Å². The second-order valence-electron chi connectivity index (χ2n) is 4.03. The third kappa shape index (κ3) is 5.75. The number of carbonyl (C=O) groups excluding carboxylic acids is 1. The van der Waals surface area contributed by atoms with E-state index in [1.807, 2.05) is 25.1 Å². The van der Waals surface area contributed by atoms with Crippen molar-refractivity contribution in [1.29, 1.82) is 0 Å². The molecule has 0 aliphatic rings.